The van der Waals surface area contributed by atoms with Gasteiger partial charge in [0.2, 0.25) is 0 Å². The molecule has 8 heavy (non-hydrogen) atoms. The third kappa shape index (κ3) is 5.29. The van der Waals surface area contributed by atoms with Gasteiger partial charge in [-0.05, 0) is 0 Å². The van der Waals surface area contributed by atoms with Crippen molar-refractivity contribution in [1.29, 1.82) is 0 Å². The fourth-order valence-corrected chi connectivity index (χ4v) is 0.239. The first-order valence-corrected chi connectivity index (χ1v) is 3.27. The molecule has 0 heterocycles. The van der Waals surface area contributed by atoms with Gasteiger partial charge < -0.3 is 0 Å². The number of hydrogen-bond acceptors (Lipinski definition) is 3. The standard InChI is InChI=1S/H2N6.O.Pt/c1-3-5-6-4-2;;/h(H2,1,4,5);;. The van der Waals surface area contributed by atoms with Gasteiger partial charge >= 0.3 is 52.1 Å². The minimum absolute atomic E-state index is 1.45. The molecular formula is H2N6OPt. The molecule has 0 bridgehead atoms. The second-order valence-corrected chi connectivity index (χ2v) is 1.37. The van der Waals surface area contributed by atoms with Crippen LogP contribution >= 0.6 is 0 Å². The monoisotopic (exact) mass is 297 g/mol. The molecule has 0 rings (SSSR count). The van der Waals surface area contributed by atoms with Gasteiger partial charge in [-0.3, -0.25) is 0 Å². The van der Waals surface area contributed by atoms with Gasteiger partial charge in [-0.25, -0.2) is 0 Å². The van der Waals surface area contributed by atoms with Crippen molar-refractivity contribution in [2.24, 2.45) is 30.3 Å². The fourth-order valence-electron chi connectivity index (χ4n) is 0.0652. The Labute approximate surface area is 52.7 Å². The first-order chi connectivity index (χ1) is 3.91. The van der Waals surface area contributed by atoms with E-state index in [-0.39, 0.29) is 0 Å². The molecule has 0 aromatic heterocycles. The zero-order valence-corrected chi connectivity index (χ0v) is 5.81. The Morgan fingerprint density at radius 3 is 2.50 bits per heavy atom. The van der Waals surface area contributed by atoms with E-state index in [9.17, 15) is 3.40 Å². The van der Waals surface area contributed by atoms with Gasteiger partial charge in [0.15, 0.2) is 0 Å². The third-order valence-electron chi connectivity index (χ3n) is 0.186. The summed E-state index contributed by atoms with van der Waals surface area (Å²) in [5.74, 6) is 4.50. The van der Waals surface area contributed by atoms with E-state index in [1.165, 1.54) is 0 Å². The van der Waals surface area contributed by atoms with E-state index in [1.807, 2.05) is 0 Å². The summed E-state index contributed by atoms with van der Waals surface area (Å²) >= 11 is -1.45. The molecule has 0 amide bonds. The van der Waals surface area contributed by atoms with Crippen LogP contribution in [-0.4, -0.2) is 0 Å². The predicted octanol–water partition coefficient (Wildman–Crippen LogP) is 0.206. The van der Waals surface area contributed by atoms with Gasteiger partial charge in [0.25, 0.3) is 0 Å². The summed E-state index contributed by atoms with van der Waals surface area (Å²) in [6.45, 7) is 0. The summed E-state index contributed by atoms with van der Waals surface area (Å²) < 4.78 is 12.6. The van der Waals surface area contributed by atoms with E-state index < -0.39 is 18.3 Å². The Balaban J connectivity index is 3.50. The first kappa shape index (κ1) is 7.29. The summed E-state index contributed by atoms with van der Waals surface area (Å²) in [6, 6.07) is 0. The average molecular weight is 297 g/mol. The normalized spacial score (nSPS) is 11.5. The van der Waals surface area contributed by atoms with Crippen molar-refractivity contribution in [2.45, 2.75) is 0 Å². The summed E-state index contributed by atoms with van der Waals surface area (Å²) in [6.07, 6.45) is 0. The molecule has 0 unspecified atom stereocenters. The SMILES string of the molecule is N/N=N/N=N/[N]=[Pt]=[O]. The van der Waals surface area contributed by atoms with E-state index >= 15 is 0 Å². The van der Waals surface area contributed by atoms with Crippen molar-refractivity contribution in [3.63, 3.8) is 0 Å². The average Bonchev–Trinajstić information content (AvgIpc) is 1.81. The molecule has 2 N–H and O–H groups in total. The Morgan fingerprint density at radius 2 is 2.00 bits per heavy atom. The number of nitrogens with two attached hydrogens (primary N) is 1. The van der Waals surface area contributed by atoms with Gasteiger partial charge in [-0.2, -0.15) is 0 Å². The first-order valence-electron chi connectivity index (χ1n) is 1.33. The quantitative estimate of drug-likeness (QED) is 0.447. The zero-order valence-electron chi connectivity index (χ0n) is 3.54. The van der Waals surface area contributed by atoms with Crippen LogP contribution in [0.2, 0.25) is 0 Å². The Bertz CT molecular complexity index is 141. The molecule has 0 aliphatic heterocycles. The third-order valence-corrected chi connectivity index (χ3v) is 0.575. The summed E-state index contributed by atoms with van der Waals surface area (Å²) in [7, 11) is 0. The topological polar surface area (TPSA) is 105 Å². The van der Waals surface area contributed by atoms with Gasteiger partial charge in [-0.1, -0.05) is 0 Å². The molecule has 0 aromatic carbocycles. The molecule has 7 nitrogen and oxygen atoms in total. The van der Waals surface area contributed by atoms with E-state index in [1.54, 1.807) is 0 Å². The van der Waals surface area contributed by atoms with Crippen LogP contribution in [0.5, 0.6) is 0 Å². The number of rotatable bonds is 2. The summed E-state index contributed by atoms with van der Waals surface area (Å²) in [4.78, 5) is 0. The van der Waals surface area contributed by atoms with Crippen LogP contribution in [0.25, 0.3) is 0 Å². The second-order valence-electron chi connectivity index (χ2n) is 0.505. The second kappa shape index (κ2) is 6.29. The van der Waals surface area contributed by atoms with Crippen LogP contribution < -0.4 is 5.84 Å². The molecule has 0 saturated heterocycles. The van der Waals surface area contributed by atoms with E-state index in [0.717, 1.165) is 0 Å². The van der Waals surface area contributed by atoms with Crippen LogP contribution in [0.1, 0.15) is 0 Å². The van der Waals surface area contributed by atoms with Crippen molar-refractivity contribution in [1.82, 2.24) is 0 Å². The Hall–Kier alpha value is -0.712. The van der Waals surface area contributed by atoms with Crippen LogP contribution in [0.15, 0.2) is 24.5 Å². The summed E-state index contributed by atoms with van der Waals surface area (Å²) in [5.41, 5.74) is 0. The zero-order chi connectivity index (χ0) is 6.24. The van der Waals surface area contributed by atoms with Crippen molar-refractivity contribution < 1.29 is 21.7 Å². The maximum absolute atomic E-state index is 9.58. The molecule has 0 spiro atoms. The van der Waals surface area contributed by atoms with Crippen molar-refractivity contribution in [3.05, 3.63) is 0 Å². The molecule has 48 valence electrons. The molecule has 8 heteroatoms. The van der Waals surface area contributed by atoms with E-state index in [2.05, 4.69) is 30.3 Å². The van der Waals surface area contributed by atoms with Gasteiger partial charge in [0.05, 0.1) is 0 Å². The van der Waals surface area contributed by atoms with Crippen molar-refractivity contribution >= 4 is 0 Å². The number of hydrogen-bond donors (Lipinski definition) is 1. The molecular weight excluding hydrogens is 295 g/mol. The predicted molar refractivity (Wildman–Crippen MR) is 17.0 cm³/mol. The molecule has 0 radical (unpaired) electrons. The Morgan fingerprint density at radius 1 is 1.25 bits per heavy atom. The van der Waals surface area contributed by atoms with E-state index in [0.29, 0.717) is 0 Å². The molecule has 0 aliphatic carbocycles. The van der Waals surface area contributed by atoms with Gasteiger partial charge in [0.1, 0.15) is 0 Å². The number of nitrogens with zero attached hydrogens (tertiary/aromatic N) is 5. The molecule has 0 aliphatic rings. The van der Waals surface area contributed by atoms with Crippen LogP contribution in [0.4, 0.5) is 0 Å². The van der Waals surface area contributed by atoms with Gasteiger partial charge in [0, 0.05) is 0 Å². The van der Waals surface area contributed by atoms with Gasteiger partial charge in [-0.15, -0.1) is 0 Å². The van der Waals surface area contributed by atoms with Crippen LogP contribution in [-0.2, 0) is 21.7 Å². The molecule has 0 fully saturated rings. The molecule has 0 aromatic rings. The van der Waals surface area contributed by atoms with Crippen molar-refractivity contribution in [3.8, 4) is 0 Å². The van der Waals surface area contributed by atoms with Crippen LogP contribution in [0, 0.1) is 0 Å². The van der Waals surface area contributed by atoms with E-state index in [4.69, 9.17) is 0 Å². The van der Waals surface area contributed by atoms with Crippen molar-refractivity contribution in [2.75, 3.05) is 0 Å². The fraction of sp³-hybridized carbons (Fsp3) is 0. The summed E-state index contributed by atoms with van der Waals surface area (Å²) in [5, 5.41) is 11.4. The Kier molecular flexibility index (Phi) is 5.73. The van der Waals surface area contributed by atoms with Crippen LogP contribution in [0.3, 0.4) is 0 Å². The maximum atomic E-state index is 9.58. The molecule has 0 saturated carbocycles. The minimum atomic E-state index is -1.45. The molecule has 0 atom stereocenters.